The van der Waals surface area contributed by atoms with E-state index in [1.807, 2.05) is 0 Å². The Kier molecular flexibility index (Phi) is 4.06. The number of hydrogen-bond acceptors (Lipinski definition) is 1. The Balaban J connectivity index is 1.62. The summed E-state index contributed by atoms with van der Waals surface area (Å²) in [6, 6.07) is 11.8. The van der Waals surface area contributed by atoms with Crippen molar-refractivity contribution < 1.29 is 18.0 Å². The van der Waals surface area contributed by atoms with Crippen LogP contribution in [0.15, 0.2) is 48.5 Å². The van der Waals surface area contributed by atoms with Gasteiger partial charge in [-0.2, -0.15) is 13.2 Å². The normalized spacial score (nSPS) is 20.2. The second kappa shape index (κ2) is 5.89. The molecule has 0 radical (unpaired) electrons. The topological polar surface area (TPSA) is 29.1 Å². The number of alkyl halides is 3. The standard InChI is InChI=1S/C17H13ClF3NO/c18-12-5-7-13(8-6-12)22-16(23)15-9-14(15)10-1-3-11(4-2-10)17(19,20)21/h1-8,14-15H,9H2,(H,22,23). The van der Waals surface area contributed by atoms with Gasteiger partial charge in [0.2, 0.25) is 5.91 Å². The Morgan fingerprint density at radius 2 is 1.65 bits per heavy atom. The molecular formula is C17H13ClF3NO. The third-order valence-corrected chi connectivity index (χ3v) is 4.16. The van der Waals surface area contributed by atoms with Crippen LogP contribution in [0.5, 0.6) is 0 Å². The van der Waals surface area contributed by atoms with Crippen LogP contribution in [0, 0.1) is 5.92 Å². The van der Waals surface area contributed by atoms with Crippen molar-refractivity contribution in [1.29, 1.82) is 0 Å². The highest BCUT2D eigenvalue weighted by molar-refractivity contribution is 6.30. The van der Waals surface area contributed by atoms with Gasteiger partial charge in [0, 0.05) is 16.6 Å². The number of carbonyl (C=O) groups excluding carboxylic acids is 1. The quantitative estimate of drug-likeness (QED) is 0.828. The van der Waals surface area contributed by atoms with Crippen LogP contribution in [0.3, 0.4) is 0 Å². The number of anilines is 1. The fourth-order valence-electron chi connectivity index (χ4n) is 2.54. The van der Waals surface area contributed by atoms with E-state index in [-0.39, 0.29) is 17.7 Å². The van der Waals surface area contributed by atoms with Gasteiger partial charge in [-0.25, -0.2) is 0 Å². The third-order valence-electron chi connectivity index (χ3n) is 3.91. The van der Waals surface area contributed by atoms with Gasteiger partial charge >= 0.3 is 6.18 Å². The Morgan fingerprint density at radius 3 is 2.22 bits per heavy atom. The number of amides is 1. The number of benzene rings is 2. The molecule has 0 bridgehead atoms. The van der Waals surface area contributed by atoms with Gasteiger partial charge in [0.1, 0.15) is 0 Å². The van der Waals surface area contributed by atoms with Gasteiger partial charge < -0.3 is 5.32 Å². The molecule has 2 nitrogen and oxygen atoms in total. The van der Waals surface area contributed by atoms with Crippen molar-refractivity contribution in [2.45, 2.75) is 18.5 Å². The third kappa shape index (κ3) is 3.67. The molecule has 0 saturated heterocycles. The molecule has 0 aromatic heterocycles. The zero-order valence-corrected chi connectivity index (χ0v) is 12.7. The Hall–Kier alpha value is -2.01. The van der Waals surface area contributed by atoms with Gasteiger partial charge in [0.15, 0.2) is 0 Å². The molecule has 0 heterocycles. The van der Waals surface area contributed by atoms with Gasteiger partial charge in [0.05, 0.1) is 5.56 Å². The van der Waals surface area contributed by atoms with E-state index in [4.69, 9.17) is 11.6 Å². The maximum absolute atomic E-state index is 12.5. The molecule has 1 saturated carbocycles. The highest BCUT2D eigenvalue weighted by Crippen LogP contribution is 2.48. The van der Waals surface area contributed by atoms with Crippen LogP contribution in [0.25, 0.3) is 0 Å². The predicted molar refractivity (Wildman–Crippen MR) is 82.4 cm³/mol. The molecule has 0 spiro atoms. The van der Waals surface area contributed by atoms with Gasteiger partial charge in [0.25, 0.3) is 0 Å². The molecule has 1 N–H and O–H groups in total. The van der Waals surface area contributed by atoms with Crippen LogP contribution >= 0.6 is 11.6 Å². The van der Waals surface area contributed by atoms with Crippen molar-refractivity contribution in [1.82, 2.24) is 0 Å². The van der Waals surface area contributed by atoms with Gasteiger partial charge in [-0.15, -0.1) is 0 Å². The molecular weight excluding hydrogens is 327 g/mol. The molecule has 2 aromatic carbocycles. The van der Waals surface area contributed by atoms with E-state index in [0.717, 1.165) is 17.7 Å². The molecule has 1 aliphatic rings. The first-order valence-corrected chi connectivity index (χ1v) is 7.46. The van der Waals surface area contributed by atoms with E-state index in [1.54, 1.807) is 24.3 Å². The Bertz CT molecular complexity index is 710. The zero-order chi connectivity index (χ0) is 16.6. The van der Waals surface area contributed by atoms with E-state index in [9.17, 15) is 18.0 Å². The van der Waals surface area contributed by atoms with E-state index in [1.165, 1.54) is 12.1 Å². The minimum absolute atomic E-state index is 0.0235. The van der Waals surface area contributed by atoms with Crippen LogP contribution < -0.4 is 5.32 Å². The molecule has 23 heavy (non-hydrogen) atoms. The first kappa shape index (κ1) is 15.9. The molecule has 0 aliphatic heterocycles. The minimum Gasteiger partial charge on any atom is -0.326 e. The van der Waals surface area contributed by atoms with E-state index in [2.05, 4.69) is 5.32 Å². The number of hydrogen-bond donors (Lipinski definition) is 1. The van der Waals surface area contributed by atoms with Crippen LogP contribution in [0.1, 0.15) is 23.5 Å². The van der Waals surface area contributed by atoms with Crippen LogP contribution in [-0.2, 0) is 11.0 Å². The first-order valence-electron chi connectivity index (χ1n) is 7.08. The monoisotopic (exact) mass is 339 g/mol. The summed E-state index contributed by atoms with van der Waals surface area (Å²) >= 11 is 5.78. The molecule has 2 atom stereocenters. The highest BCUT2D eigenvalue weighted by Gasteiger charge is 2.44. The highest BCUT2D eigenvalue weighted by atomic mass is 35.5. The summed E-state index contributed by atoms with van der Waals surface area (Å²) in [5.74, 6) is -0.357. The van der Waals surface area contributed by atoms with Crippen molar-refractivity contribution in [3.05, 3.63) is 64.7 Å². The molecule has 2 aromatic rings. The largest absolute Gasteiger partial charge is 0.416 e. The minimum atomic E-state index is -4.34. The van der Waals surface area contributed by atoms with E-state index < -0.39 is 11.7 Å². The summed E-state index contributed by atoms with van der Waals surface area (Å²) in [6.07, 6.45) is -3.70. The maximum Gasteiger partial charge on any atom is 0.416 e. The second-order valence-corrected chi connectivity index (χ2v) is 6.00. The molecule has 1 fully saturated rings. The summed E-state index contributed by atoms with van der Waals surface area (Å²) in [5.41, 5.74) is 0.732. The number of nitrogens with one attached hydrogen (secondary N) is 1. The summed E-state index contributed by atoms with van der Waals surface area (Å²) < 4.78 is 37.6. The van der Waals surface area contributed by atoms with Crippen molar-refractivity contribution >= 4 is 23.2 Å². The molecule has 6 heteroatoms. The van der Waals surface area contributed by atoms with Crippen LogP contribution in [0.2, 0.25) is 5.02 Å². The average Bonchev–Trinajstić information content (AvgIpc) is 3.29. The van der Waals surface area contributed by atoms with Gasteiger partial charge in [-0.1, -0.05) is 23.7 Å². The predicted octanol–water partition coefficient (Wildman–Crippen LogP) is 5.10. The van der Waals surface area contributed by atoms with Gasteiger partial charge in [-0.05, 0) is 54.3 Å². The van der Waals surface area contributed by atoms with Crippen molar-refractivity contribution in [3.8, 4) is 0 Å². The van der Waals surface area contributed by atoms with E-state index >= 15 is 0 Å². The number of carbonyl (C=O) groups is 1. The smallest absolute Gasteiger partial charge is 0.326 e. The van der Waals surface area contributed by atoms with Crippen LogP contribution in [-0.4, -0.2) is 5.91 Å². The molecule has 2 unspecified atom stereocenters. The Labute approximate surface area is 136 Å². The lowest BCUT2D eigenvalue weighted by molar-refractivity contribution is -0.137. The van der Waals surface area contributed by atoms with E-state index in [0.29, 0.717) is 17.1 Å². The number of halogens is 4. The number of rotatable bonds is 3. The lowest BCUT2D eigenvalue weighted by atomic mass is 10.1. The lowest BCUT2D eigenvalue weighted by Crippen LogP contribution is -2.14. The Morgan fingerprint density at radius 1 is 1.04 bits per heavy atom. The zero-order valence-electron chi connectivity index (χ0n) is 11.9. The molecule has 1 aliphatic carbocycles. The summed E-state index contributed by atoms with van der Waals surface area (Å²) in [7, 11) is 0. The molecule has 3 rings (SSSR count). The van der Waals surface area contributed by atoms with Gasteiger partial charge in [-0.3, -0.25) is 4.79 Å². The SMILES string of the molecule is O=C(Nc1ccc(Cl)cc1)C1CC1c1ccc(C(F)(F)F)cc1. The summed E-state index contributed by atoms with van der Waals surface area (Å²) in [6.45, 7) is 0. The summed E-state index contributed by atoms with van der Waals surface area (Å²) in [5, 5.41) is 3.37. The van der Waals surface area contributed by atoms with Crippen LogP contribution in [0.4, 0.5) is 18.9 Å². The van der Waals surface area contributed by atoms with Crippen molar-refractivity contribution in [2.24, 2.45) is 5.92 Å². The fourth-order valence-corrected chi connectivity index (χ4v) is 2.67. The second-order valence-electron chi connectivity index (χ2n) is 5.56. The van der Waals surface area contributed by atoms with Crippen molar-refractivity contribution in [2.75, 3.05) is 5.32 Å². The summed E-state index contributed by atoms with van der Waals surface area (Å²) in [4.78, 5) is 12.1. The molecule has 1 amide bonds. The van der Waals surface area contributed by atoms with Crippen molar-refractivity contribution in [3.63, 3.8) is 0 Å². The molecule has 120 valence electrons. The first-order chi connectivity index (χ1) is 10.8. The maximum atomic E-state index is 12.5. The fraction of sp³-hybridized carbons (Fsp3) is 0.235. The lowest BCUT2D eigenvalue weighted by Gasteiger charge is -2.08. The average molecular weight is 340 g/mol.